The number of methoxy groups -OCH3 is 1. The molecule has 0 bridgehead atoms. The molecule has 1 atom stereocenters. The first kappa shape index (κ1) is 15.9. The Labute approximate surface area is 119 Å². The van der Waals surface area contributed by atoms with Gasteiger partial charge in [0.15, 0.2) is 0 Å². The largest absolute Gasteiger partial charge is 0.497 e. The first-order chi connectivity index (χ1) is 9.17. The Morgan fingerprint density at radius 1 is 1.42 bits per heavy atom. The highest BCUT2D eigenvalue weighted by molar-refractivity contribution is 7.99. The van der Waals surface area contributed by atoms with E-state index >= 15 is 0 Å². The van der Waals surface area contributed by atoms with Crippen LogP contribution in [0.15, 0.2) is 29.2 Å². The van der Waals surface area contributed by atoms with Crippen LogP contribution in [-0.4, -0.2) is 31.4 Å². The maximum atomic E-state index is 11.3. The Balaban J connectivity index is 2.36. The Morgan fingerprint density at radius 2 is 2.11 bits per heavy atom. The van der Waals surface area contributed by atoms with Crippen LogP contribution in [0.4, 0.5) is 0 Å². The highest BCUT2D eigenvalue weighted by Gasteiger charge is 2.13. The Bertz CT molecular complexity index is 382. The first-order valence-electron chi connectivity index (χ1n) is 6.47. The lowest BCUT2D eigenvalue weighted by Gasteiger charge is -2.14. The van der Waals surface area contributed by atoms with Crippen LogP contribution >= 0.6 is 11.8 Å². The summed E-state index contributed by atoms with van der Waals surface area (Å²) in [7, 11) is 1.65. The van der Waals surface area contributed by atoms with Gasteiger partial charge in [0.25, 0.3) is 0 Å². The monoisotopic (exact) mass is 282 g/mol. The summed E-state index contributed by atoms with van der Waals surface area (Å²) in [5, 5.41) is 3.17. The SMILES string of the molecule is CCCNC(CCSc1ccc(OC)cc1)C(N)=O. The number of carbonyl (C=O) groups is 1. The molecule has 4 nitrogen and oxygen atoms in total. The van der Waals surface area contributed by atoms with E-state index in [1.807, 2.05) is 24.3 Å². The van der Waals surface area contributed by atoms with E-state index in [2.05, 4.69) is 12.2 Å². The van der Waals surface area contributed by atoms with Crippen molar-refractivity contribution in [3.63, 3.8) is 0 Å². The number of hydrogen-bond acceptors (Lipinski definition) is 4. The second-order valence-electron chi connectivity index (χ2n) is 4.22. The van der Waals surface area contributed by atoms with Gasteiger partial charge in [0.2, 0.25) is 5.91 Å². The number of carbonyl (C=O) groups excluding carboxylic acids is 1. The quantitative estimate of drug-likeness (QED) is 0.680. The lowest BCUT2D eigenvalue weighted by atomic mass is 10.2. The number of primary amides is 1. The molecule has 1 amide bonds. The molecule has 1 aromatic carbocycles. The molecule has 1 unspecified atom stereocenters. The van der Waals surface area contributed by atoms with Crippen LogP contribution in [0.5, 0.6) is 5.75 Å². The molecule has 0 aliphatic rings. The number of hydrogen-bond donors (Lipinski definition) is 2. The molecule has 3 N–H and O–H groups in total. The third-order valence-electron chi connectivity index (χ3n) is 2.72. The van der Waals surface area contributed by atoms with E-state index in [1.54, 1.807) is 18.9 Å². The minimum atomic E-state index is -0.274. The predicted octanol–water partition coefficient (Wildman–Crippen LogP) is 2.03. The second-order valence-corrected chi connectivity index (χ2v) is 5.39. The molecule has 1 aromatic rings. The van der Waals surface area contributed by atoms with Gasteiger partial charge in [0, 0.05) is 4.90 Å². The summed E-state index contributed by atoms with van der Waals surface area (Å²) >= 11 is 1.72. The van der Waals surface area contributed by atoms with E-state index in [0.29, 0.717) is 0 Å². The third-order valence-corrected chi connectivity index (χ3v) is 3.76. The number of nitrogens with two attached hydrogens (primary N) is 1. The highest BCUT2D eigenvalue weighted by atomic mass is 32.2. The highest BCUT2D eigenvalue weighted by Crippen LogP contribution is 2.22. The van der Waals surface area contributed by atoms with E-state index in [9.17, 15) is 4.79 Å². The maximum absolute atomic E-state index is 11.3. The Kier molecular flexibility index (Phi) is 7.36. The normalized spacial score (nSPS) is 12.1. The number of ether oxygens (including phenoxy) is 1. The molecule has 0 saturated carbocycles. The lowest BCUT2D eigenvalue weighted by molar-refractivity contribution is -0.120. The maximum Gasteiger partial charge on any atom is 0.234 e. The summed E-state index contributed by atoms with van der Waals surface area (Å²) < 4.78 is 5.11. The van der Waals surface area contributed by atoms with Gasteiger partial charge in [-0.05, 0) is 49.4 Å². The second kappa shape index (κ2) is 8.82. The Morgan fingerprint density at radius 3 is 2.63 bits per heavy atom. The fraction of sp³-hybridized carbons (Fsp3) is 0.500. The average molecular weight is 282 g/mol. The molecule has 106 valence electrons. The summed E-state index contributed by atoms with van der Waals surface area (Å²) in [4.78, 5) is 12.4. The summed E-state index contributed by atoms with van der Waals surface area (Å²) in [5.41, 5.74) is 5.37. The molecule has 0 radical (unpaired) electrons. The number of rotatable bonds is 9. The summed E-state index contributed by atoms with van der Waals surface area (Å²) in [6, 6.07) is 7.67. The standard InChI is InChI=1S/C14H22N2O2S/c1-3-9-16-13(14(15)17)8-10-19-12-6-4-11(18-2)5-7-12/h4-7,13,16H,3,8-10H2,1-2H3,(H2,15,17). The van der Waals surface area contributed by atoms with Gasteiger partial charge < -0.3 is 15.8 Å². The van der Waals surface area contributed by atoms with Crippen molar-refractivity contribution < 1.29 is 9.53 Å². The van der Waals surface area contributed by atoms with Crippen molar-refractivity contribution >= 4 is 17.7 Å². The van der Waals surface area contributed by atoms with Crippen molar-refractivity contribution in [2.45, 2.75) is 30.7 Å². The summed E-state index contributed by atoms with van der Waals surface area (Å²) in [6.07, 6.45) is 1.74. The molecule has 0 spiro atoms. The van der Waals surface area contributed by atoms with Gasteiger partial charge in [0.05, 0.1) is 13.2 Å². The first-order valence-corrected chi connectivity index (χ1v) is 7.45. The number of nitrogens with one attached hydrogen (secondary N) is 1. The number of benzene rings is 1. The van der Waals surface area contributed by atoms with Crippen molar-refractivity contribution in [3.05, 3.63) is 24.3 Å². The van der Waals surface area contributed by atoms with Crippen molar-refractivity contribution in [3.8, 4) is 5.75 Å². The van der Waals surface area contributed by atoms with Crippen molar-refractivity contribution in [1.29, 1.82) is 0 Å². The van der Waals surface area contributed by atoms with Gasteiger partial charge in [-0.1, -0.05) is 6.92 Å². The van der Waals surface area contributed by atoms with E-state index in [4.69, 9.17) is 10.5 Å². The molecular weight excluding hydrogens is 260 g/mol. The minimum absolute atomic E-state index is 0.231. The molecule has 1 rings (SSSR count). The predicted molar refractivity (Wildman–Crippen MR) is 79.6 cm³/mol. The van der Waals surface area contributed by atoms with E-state index in [1.165, 1.54) is 4.90 Å². The minimum Gasteiger partial charge on any atom is -0.497 e. The van der Waals surface area contributed by atoms with E-state index in [-0.39, 0.29) is 11.9 Å². The van der Waals surface area contributed by atoms with Crippen molar-refractivity contribution in [2.24, 2.45) is 5.73 Å². The fourth-order valence-electron chi connectivity index (χ4n) is 1.63. The zero-order valence-corrected chi connectivity index (χ0v) is 12.3. The fourth-order valence-corrected chi connectivity index (χ4v) is 2.55. The zero-order chi connectivity index (χ0) is 14.1. The molecule has 0 fully saturated rings. The van der Waals surface area contributed by atoms with Gasteiger partial charge in [-0.25, -0.2) is 0 Å². The third kappa shape index (κ3) is 5.98. The topological polar surface area (TPSA) is 64.3 Å². The lowest BCUT2D eigenvalue weighted by Crippen LogP contribution is -2.41. The van der Waals surface area contributed by atoms with Crippen molar-refractivity contribution in [2.75, 3.05) is 19.4 Å². The van der Waals surface area contributed by atoms with E-state index in [0.717, 1.165) is 30.9 Å². The van der Waals surface area contributed by atoms with Gasteiger partial charge >= 0.3 is 0 Å². The van der Waals surface area contributed by atoms with Crippen LogP contribution in [0.2, 0.25) is 0 Å². The molecular formula is C14H22N2O2S. The van der Waals surface area contributed by atoms with Crippen LogP contribution in [0, 0.1) is 0 Å². The Hall–Kier alpha value is -1.20. The van der Waals surface area contributed by atoms with E-state index < -0.39 is 0 Å². The molecule has 0 saturated heterocycles. The molecule has 19 heavy (non-hydrogen) atoms. The molecule has 0 heterocycles. The van der Waals surface area contributed by atoms with Gasteiger partial charge in [-0.15, -0.1) is 11.8 Å². The van der Waals surface area contributed by atoms with Crippen LogP contribution in [0.25, 0.3) is 0 Å². The summed E-state index contributed by atoms with van der Waals surface area (Å²) in [5.74, 6) is 1.43. The average Bonchev–Trinajstić information content (AvgIpc) is 2.43. The molecule has 0 aliphatic heterocycles. The van der Waals surface area contributed by atoms with Crippen molar-refractivity contribution in [1.82, 2.24) is 5.32 Å². The molecule has 5 heteroatoms. The molecule has 0 aromatic heterocycles. The number of thioether (sulfide) groups is 1. The van der Waals surface area contributed by atoms with Crippen LogP contribution in [0.1, 0.15) is 19.8 Å². The van der Waals surface area contributed by atoms with Gasteiger partial charge in [-0.2, -0.15) is 0 Å². The zero-order valence-electron chi connectivity index (χ0n) is 11.5. The number of amides is 1. The summed E-state index contributed by atoms with van der Waals surface area (Å²) in [6.45, 7) is 2.89. The van der Waals surface area contributed by atoms with Gasteiger partial charge in [-0.3, -0.25) is 4.79 Å². The van der Waals surface area contributed by atoms with Gasteiger partial charge in [0.1, 0.15) is 5.75 Å². The van der Waals surface area contributed by atoms with Crippen LogP contribution < -0.4 is 15.8 Å². The van der Waals surface area contributed by atoms with Crippen LogP contribution in [-0.2, 0) is 4.79 Å². The van der Waals surface area contributed by atoms with Crippen LogP contribution in [0.3, 0.4) is 0 Å². The molecule has 0 aliphatic carbocycles. The smallest absolute Gasteiger partial charge is 0.234 e.